The van der Waals surface area contributed by atoms with Gasteiger partial charge in [-0.1, -0.05) is 64.7 Å². The van der Waals surface area contributed by atoms with Crippen molar-refractivity contribution in [2.24, 2.45) is 5.73 Å². The van der Waals surface area contributed by atoms with E-state index in [0.717, 1.165) is 0 Å². The molecule has 0 aliphatic rings. The highest BCUT2D eigenvalue weighted by atomic mass is 16.1. The van der Waals surface area contributed by atoms with E-state index in [1.807, 2.05) is 0 Å². The lowest BCUT2D eigenvalue weighted by Crippen LogP contribution is -2.12. The van der Waals surface area contributed by atoms with Crippen molar-refractivity contribution in [1.29, 1.82) is 0 Å². The maximum atomic E-state index is 9.22. The third kappa shape index (κ3) is 31.8. The van der Waals surface area contributed by atoms with Gasteiger partial charge in [0.15, 0.2) is 0 Å². The topological polar surface area (TPSA) is 46.3 Å². The van der Waals surface area contributed by atoms with Crippen molar-refractivity contribution in [1.82, 2.24) is 4.90 Å². The van der Waals surface area contributed by atoms with Gasteiger partial charge in [0.1, 0.15) is 0 Å². The molecule has 0 unspecified atom stereocenters. The number of amides is 1. The third-order valence-electron chi connectivity index (χ3n) is 2.96. The Morgan fingerprint density at radius 2 is 1.16 bits per heavy atom. The first kappa shape index (κ1) is 20.7. The average molecular weight is 272 g/mol. The lowest BCUT2D eigenvalue weighted by Gasteiger charge is -2.08. The number of hydrogen-bond acceptors (Lipinski definition) is 2. The molecule has 0 aliphatic heterocycles. The number of hydrogen-bond donors (Lipinski definition) is 1. The molecule has 0 saturated carbocycles. The molecule has 2 N–H and O–H groups in total. The van der Waals surface area contributed by atoms with Gasteiger partial charge in [-0.15, -0.1) is 0 Å². The predicted molar refractivity (Wildman–Crippen MR) is 85.3 cm³/mol. The summed E-state index contributed by atoms with van der Waals surface area (Å²) in [5.74, 6) is -0.333. The SMILES string of the molecule is CC(N)=O.CCCCCCCCCCCCN(C)C. The predicted octanol–water partition coefficient (Wildman–Crippen LogP) is 3.96. The van der Waals surface area contributed by atoms with E-state index < -0.39 is 0 Å². The summed E-state index contributed by atoms with van der Waals surface area (Å²) in [7, 11) is 4.32. The summed E-state index contributed by atoms with van der Waals surface area (Å²) in [5, 5.41) is 0. The Hall–Kier alpha value is -0.570. The quantitative estimate of drug-likeness (QED) is 0.579. The van der Waals surface area contributed by atoms with E-state index in [4.69, 9.17) is 0 Å². The largest absolute Gasteiger partial charge is 0.370 e. The molecule has 0 spiro atoms. The van der Waals surface area contributed by atoms with Crippen molar-refractivity contribution in [3.63, 3.8) is 0 Å². The zero-order valence-corrected chi connectivity index (χ0v) is 13.7. The van der Waals surface area contributed by atoms with Crippen LogP contribution < -0.4 is 5.73 Å². The van der Waals surface area contributed by atoms with Crippen LogP contribution in [0.5, 0.6) is 0 Å². The fourth-order valence-corrected chi connectivity index (χ4v) is 1.92. The standard InChI is InChI=1S/C14H31N.C2H5NO/c1-4-5-6-7-8-9-10-11-12-13-14-15(2)3;1-2(3)4/h4-14H2,1-3H3;1H3,(H2,3,4). The summed E-state index contributed by atoms with van der Waals surface area (Å²) in [6, 6.07) is 0. The van der Waals surface area contributed by atoms with Crippen LogP contribution in [-0.2, 0) is 4.79 Å². The number of rotatable bonds is 11. The molecule has 116 valence electrons. The van der Waals surface area contributed by atoms with Crippen LogP contribution in [0.15, 0.2) is 0 Å². The highest BCUT2D eigenvalue weighted by Gasteiger charge is 1.93. The molecule has 0 aliphatic carbocycles. The molecule has 0 heterocycles. The van der Waals surface area contributed by atoms with Crippen LogP contribution in [0.25, 0.3) is 0 Å². The molecular weight excluding hydrogens is 236 g/mol. The molecule has 0 saturated heterocycles. The first-order chi connectivity index (χ1) is 9.00. The van der Waals surface area contributed by atoms with Gasteiger partial charge in [-0.25, -0.2) is 0 Å². The number of primary amides is 1. The van der Waals surface area contributed by atoms with Crippen LogP contribution in [0.4, 0.5) is 0 Å². The molecule has 0 aromatic heterocycles. The Bertz CT molecular complexity index is 178. The normalized spacial score (nSPS) is 10.2. The van der Waals surface area contributed by atoms with Crippen LogP contribution in [0, 0.1) is 0 Å². The smallest absolute Gasteiger partial charge is 0.214 e. The van der Waals surface area contributed by atoms with Crippen LogP contribution in [0.1, 0.15) is 78.1 Å². The van der Waals surface area contributed by atoms with Gasteiger partial charge in [0, 0.05) is 6.92 Å². The van der Waals surface area contributed by atoms with Gasteiger partial charge in [-0.3, -0.25) is 4.79 Å². The zero-order chi connectivity index (χ0) is 14.9. The molecule has 0 aromatic rings. The molecule has 0 radical (unpaired) electrons. The second-order valence-electron chi connectivity index (χ2n) is 5.60. The molecular formula is C16H36N2O. The molecule has 1 amide bonds. The van der Waals surface area contributed by atoms with E-state index in [0.29, 0.717) is 0 Å². The first-order valence-corrected chi connectivity index (χ1v) is 7.91. The van der Waals surface area contributed by atoms with Gasteiger partial charge >= 0.3 is 0 Å². The van der Waals surface area contributed by atoms with E-state index in [1.54, 1.807) is 0 Å². The first-order valence-electron chi connectivity index (χ1n) is 7.91. The number of unbranched alkanes of at least 4 members (excludes halogenated alkanes) is 9. The fourth-order valence-electron chi connectivity index (χ4n) is 1.92. The van der Waals surface area contributed by atoms with Crippen molar-refractivity contribution in [3.05, 3.63) is 0 Å². The molecule has 0 rings (SSSR count). The number of carbonyl (C=O) groups is 1. The van der Waals surface area contributed by atoms with Crippen molar-refractivity contribution in [2.75, 3.05) is 20.6 Å². The maximum absolute atomic E-state index is 9.22. The summed E-state index contributed by atoms with van der Waals surface area (Å²) in [5.41, 5.74) is 4.47. The van der Waals surface area contributed by atoms with E-state index in [9.17, 15) is 4.79 Å². The van der Waals surface area contributed by atoms with Crippen LogP contribution in [-0.4, -0.2) is 31.4 Å². The van der Waals surface area contributed by atoms with Crippen LogP contribution in [0.3, 0.4) is 0 Å². The Kier molecular flexibility index (Phi) is 19.0. The molecule has 0 atom stereocenters. The van der Waals surface area contributed by atoms with Gasteiger partial charge in [-0.2, -0.15) is 0 Å². The third-order valence-corrected chi connectivity index (χ3v) is 2.96. The van der Waals surface area contributed by atoms with E-state index in [1.165, 1.54) is 77.7 Å². The zero-order valence-electron chi connectivity index (χ0n) is 13.7. The van der Waals surface area contributed by atoms with Gasteiger partial charge in [-0.05, 0) is 27.1 Å². The van der Waals surface area contributed by atoms with Crippen molar-refractivity contribution in [3.8, 4) is 0 Å². The Morgan fingerprint density at radius 3 is 1.47 bits per heavy atom. The summed E-state index contributed by atoms with van der Waals surface area (Å²) < 4.78 is 0. The van der Waals surface area contributed by atoms with E-state index in [-0.39, 0.29) is 5.91 Å². The highest BCUT2D eigenvalue weighted by Crippen LogP contribution is 2.10. The molecule has 0 bridgehead atoms. The van der Waals surface area contributed by atoms with Gasteiger partial charge in [0.05, 0.1) is 0 Å². The minimum atomic E-state index is -0.333. The van der Waals surface area contributed by atoms with Crippen LogP contribution in [0.2, 0.25) is 0 Å². The van der Waals surface area contributed by atoms with Crippen molar-refractivity contribution >= 4 is 5.91 Å². The Morgan fingerprint density at radius 1 is 0.842 bits per heavy atom. The fraction of sp³-hybridized carbons (Fsp3) is 0.938. The van der Waals surface area contributed by atoms with Crippen LogP contribution >= 0.6 is 0 Å². The van der Waals surface area contributed by atoms with Crippen molar-refractivity contribution in [2.45, 2.75) is 78.1 Å². The summed E-state index contributed by atoms with van der Waals surface area (Å²) in [4.78, 5) is 11.5. The monoisotopic (exact) mass is 272 g/mol. The highest BCUT2D eigenvalue weighted by molar-refractivity contribution is 5.70. The molecule has 0 aromatic carbocycles. The Balaban J connectivity index is 0. The molecule has 0 fully saturated rings. The lowest BCUT2D eigenvalue weighted by molar-refractivity contribution is -0.115. The van der Waals surface area contributed by atoms with Crippen molar-refractivity contribution < 1.29 is 4.79 Å². The average Bonchev–Trinajstić information content (AvgIpc) is 2.30. The minimum Gasteiger partial charge on any atom is -0.370 e. The number of nitrogens with two attached hydrogens (primary N) is 1. The number of carbonyl (C=O) groups excluding carboxylic acids is 1. The summed E-state index contributed by atoms with van der Waals surface area (Å²) >= 11 is 0. The Labute approximate surface area is 120 Å². The second kappa shape index (κ2) is 17.4. The minimum absolute atomic E-state index is 0.333. The summed E-state index contributed by atoms with van der Waals surface area (Å²) in [6.07, 6.45) is 14.4. The summed E-state index contributed by atoms with van der Waals surface area (Å²) in [6.45, 7) is 4.85. The van der Waals surface area contributed by atoms with E-state index in [2.05, 4.69) is 31.7 Å². The van der Waals surface area contributed by atoms with Gasteiger partial charge in [0.2, 0.25) is 5.91 Å². The van der Waals surface area contributed by atoms with E-state index >= 15 is 0 Å². The van der Waals surface area contributed by atoms with Gasteiger partial charge < -0.3 is 10.6 Å². The maximum Gasteiger partial charge on any atom is 0.214 e. The molecule has 3 heteroatoms. The second-order valence-corrected chi connectivity index (χ2v) is 5.60. The lowest BCUT2D eigenvalue weighted by atomic mass is 10.1. The van der Waals surface area contributed by atoms with Gasteiger partial charge in [0.25, 0.3) is 0 Å². The molecule has 19 heavy (non-hydrogen) atoms. The molecule has 3 nitrogen and oxygen atoms in total. The number of nitrogens with zero attached hydrogens (tertiary/aromatic N) is 1.